The standard InChI is InChI=1S/C5H4B2S/c1-3-4(6)2-5(7)8-3/h2H,1H3. The van der Waals surface area contributed by atoms with E-state index in [9.17, 15) is 0 Å². The third kappa shape index (κ3) is 0.972. The van der Waals surface area contributed by atoms with E-state index in [1.54, 1.807) is 6.07 Å². The SMILES string of the molecule is [B]c1cc([B])c(C)s1. The van der Waals surface area contributed by atoms with Crippen molar-refractivity contribution in [2.75, 3.05) is 0 Å². The summed E-state index contributed by atoms with van der Waals surface area (Å²) in [4.78, 5) is 1.10. The topological polar surface area (TPSA) is 0 Å². The van der Waals surface area contributed by atoms with E-state index < -0.39 is 0 Å². The molecule has 0 spiro atoms. The lowest BCUT2D eigenvalue weighted by molar-refractivity contribution is 1.69. The van der Waals surface area contributed by atoms with Crippen molar-refractivity contribution in [2.45, 2.75) is 6.92 Å². The molecule has 8 heavy (non-hydrogen) atoms. The van der Waals surface area contributed by atoms with Gasteiger partial charge in [-0.15, -0.1) is 0 Å². The first kappa shape index (κ1) is 5.96. The molecule has 0 aliphatic heterocycles. The molecule has 0 bridgehead atoms. The highest BCUT2D eigenvalue weighted by atomic mass is 32.1. The van der Waals surface area contributed by atoms with Crippen molar-refractivity contribution in [3.63, 3.8) is 0 Å². The Kier molecular flexibility index (Phi) is 1.47. The van der Waals surface area contributed by atoms with Crippen molar-refractivity contribution in [1.29, 1.82) is 0 Å². The molecule has 0 aromatic carbocycles. The fourth-order valence-electron chi connectivity index (χ4n) is 0.520. The van der Waals surface area contributed by atoms with Gasteiger partial charge in [-0.1, -0.05) is 11.5 Å². The Hall–Kier alpha value is -0.170. The van der Waals surface area contributed by atoms with E-state index in [0.717, 1.165) is 15.1 Å². The molecule has 1 rings (SSSR count). The number of thiophene rings is 1. The lowest BCUT2D eigenvalue weighted by Gasteiger charge is -1.80. The van der Waals surface area contributed by atoms with Gasteiger partial charge < -0.3 is 0 Å². The molecular formula is C5H4B2S. The predicted molar refractivity (Wildman–Crippen MR) is 39.8 cm³/mol. The molecule has 1 heterocycles. The average Bonchev–Trinajstić information content (AvgIpc) is 1.85. The van der Waals surface area contributed by atoms with Crippen LogP contribution in [0.2, 0.25) is 0 Å². The molecule has 0 aliphatic rings. The quantitative estimate of drug-likeness (QED) is 0.408. The molecule has 0 saturated carbocycles. The van der Waals surface area contributed by atoms with Crippen LogP contribution in [0.4, 0.5) is 0 Å². The number of aryl methyl sites for hydroxylation is 1. The Balaban J connectivity index is 3.14. The Bertz CT molecular complexity index is 173. The molecule has 0 amide bonds. The van der Waals surface area contributed by atoms with Crippen LogP contribution >= 0.6 is 11.3 Å². The predicted octanol–water partition coefficient (Wildman–Crippen LogP) is -0.356. The molecule has 0 N–H and O–H groups in total. The first-order valence-electron chi connectivity index (χ1n) is 2.31. The van der Waals surface area contributed by atoms with E-state index in [4.69, 9.17) is 15.7 Å². The number of hydrogen-bond donors (Lipinski definition) is 0. The third-order valence-corrected chi connectivity index (χ3v) is 1.87. The van der Waals surface area contributed by atoms with Gasteiger partial charge in [0.1, 0.15) is 15.7 Å². The van der Waals surface area contributed by atoms with Crippen molar-refractivity contribution < 1.29 is 0 Å². The Morgan fingerprint density at radius 1 is 1.50 bits per heavy atom. The zero-order valence-electron chi connectivity index (χ0n) is 4.64. The minimum absolute atomic E-state index is 0.792. The zero-order chi connectivity index (χ0) is 6.15. The fraction of sp³-hybridized carbons (Fsp3) is 0.200. The van der Waals surface area contributed by atoms with Gasteiger partial charge in [-0.25, -0.2) is 0 Å². The van der Waals surface area contributed by atoms with Gasteiger partial charge in [-0.2, -0.15) is 11.3 Å². The molecule has 0 nitrogen and oxygen atoms in total. The van der Waals surface area contributed by atoms with E-state index in [1.807, 2.05) is 6.92 Å². The Morgan fingerprint density at radius 2 is 2.12 bits per heavy atom. The summed E-state index contributed by atoms with van der Waals surface area (Å²) in [5.41, 5.74) is 0.799. The van der Waals surface area contributed by atoms with Crippen LogP contribution in [-0.2, 0) is 0 Å². The van der Waals surface area contributed by atoms with Gasteiger partial charge in [-0.3, -0.25) is 0 Å². The van der Waals surface area contributed by atoms with Gasteiger partial charge in [0.15, 0.2) is 0 Å². The highest BCUT2D eigenvalue weighted by Gasteiger charge is 1.92. The summed E-state index contributed by atoms with van der Waals surface area (Å²) in [5, 5.41) is 0. The molecular weight excluding hydrogens is 114 g/mol. The molecule has 3 heteroatoms. The largest absolute Gasteiger partial charge is 0.158 e. The summed E-state index contributed by atoms with van der Waals surface area (Å²) in [6.07, 6.45) is 0. The van der Waals surface area contributed by atoms with Gasteiger partial charge in [0, 0.05) is 0 Å². The van der Waals surface area contributed by atoms with Gasteiger partial charge in [0.25, 0.3) is 0 Å². The monoisotopic (exact) mass is 118 g/mol. The van der Waals surface area contributed by atoms with Crippen LogP contribution in [0.5, 0.6) is 0 Å². The molecule has 1 aromatic heterocycles. The normalized spacial score (nSPS) is 9.62. The highest BCUT2D eigenvalue weighted by molar-refractivity contribution is 7.20. The Morgan fingerprint density at radius 3 is 2.25 bits per heavy atom. The van der Waals surface area contributed by atoms with Gasteiger partial charge in [0.2, 0.25) is 0 Å². The minimum atomic E-state index is 0.792. The van der Waals surface area contributed by atoms with Gasteiger partial charge in [0.05, 0.1) is 0 Å². The second kappa shape index (κ2) is 1.98. The van der Waals surface area contributed by atoms with Crippen molar-refractivity contribution in [1.82, 2.24) is 0 Å². The van der Waals surface area contributed by atoms with E-state index in [2.05, 4.69) is 0 Å². The van der Waals surface area contributed by atoms with Crippen molar-refractivity contribution in [3.8, 4) is 0 Å². The number of rotatable bonds is 0. The summed E-state index contributed by atoms with van der Waals surface area (Å²) in [7, 11) is 10.9. The highest BCUT2D eigenvalue weighted by Crippen LogP contribution is 1.96. The number of hydrogen-bond acceptors (Lipinski definition) is 1. The lowest BCUT2D eigenvalue weighted by atomic mass is 9.94. The van der Waals surface area contributed by atoms with Crippen LogP contribution in [0.3, 0.4) is 0 Å². The van der Waals surface area contributed by atoms with E-state index in [0.29, 0.717) is 0 Å². The molecule has 0 unspecified atom stereocenters. The average molecular weight is 118 g/mol. The molecule has 1 aromatic rings. The van der Waals surface area contributed by atoms with Crippen LogP contribution in [-0.4, -0.2) is 15.7 Å². The smallest absolute Gasteiger partial charge is 0.128 e. The minimum Gasteiger partial charge on any atom is -0.158 e. The molecule has 0 fully saturated rings. The van der Waals surface area contributed by atoms with Crippen LogP contribution in [0.1, 0.15) is 4.88 Å². The maximum absolute atomic E-state index is 5.47. The zero-order valence-corrected chi connectivity index (χ0v) is 5.46. The van der Waals surface area contributed by atoms with Gasteiger partial charge >= 0.3 is 0 Å². The van der Waals surface area contributed by atoms with E-state index in [1.165, 1.54) is 11.3 Å². The maximum atomic E-state index is 5.47. The summed E-state index contributed by atoms with van der Waals surface area (Å²) in [6, 6.07) is 1.78. The Labute approximate surface area is 55.7 Å². The van der Waals surface area contributed by atoms with Crippen molar-refractivity contribution >= 4 is 37.3 Å². The second-order valence-electron chi connectivity index (χ2n) is 1.66. The van der Waals surface area contributed by atoms with Crippen LogP contribution in [0.25, 0.3) is 0 Å². The maximum Gasteiger partial charge on any atom is 0.128 e. The summed E-state index contributed by atoms with van der Waals surface area (Å²) in [6.45, 7) is 1.95. The molecule has 4 radical (unpaired) electrons. The second-order valence-corrected chi connectivity index (χ2v) is 2.95. The fourth-order valence-corrected chi connectivity index (χ4v) is 1.24. The lowest BCUT2D eigenvalue weighted by Crippen LogP contribution is -2.02. The van der Waals surface area contributed by atoms with Gasteiger partial charge in [-0.05, 0) is 16.6 Å². The molecule has 0 aliphatic carbocycles. The van der Waals surface area contributed by atoms with Crippen molar-refractivity contribution in [2.24, 2.45) is 0 Å². The third-order valence-electron chi connectivity index (χ3n) is 0.975. The first-order valence-corrected chi connectivity index (χ1v) is 3.13. The van der Waals surface area contributed by atoms with Crippen molar-refractivity contribution in [3.05, 3.63) is 10.9 Å². The van der Waals surface area contributed by atoms with Crippen LogP contribution in [0.15, 0.2) is 6.07 Å². The van der Waals surface area contributed by atoms with E-state index >= 15 is 0 Å². The summed E-state index contributed by atoms with van der Waals surface area (Å²) in [5.74, 6) is 0. The summed E-state index contributed by atoms with van der Waals surface area (Å²) >= 11 is 1.52. The summed E-state index contributed by atoms with van der Waals surface area (Å²) < 4.78 is 0.792. The molecule has 0 saturated heterocycles. The van der Waals surface area contributed by atoms with E-state index in [-0.39, 0.29) is 0 Å². The molecule has 36 valence electrons. The first-order chi connectivity index (χ1) is 3.70. The molecule has 0 atom stereocenters. The van der Waals surface area contributed by atoms with Crippen LogP contribution < -0.4 is 10.2 Å². The van der Waals surface area contributed by atoms with Crippen LogP contribution in [0, 0.1) is 6.92 Å².